The molecule has 0 bridgehead atoms. The van der Waals surface area contributed by atoms with Gasteiger partial charge in [-0.05, 0) is 31.1 Å². The van der Waals surface area contributed by atoms with E-state index in [1.807, 2.05) is 0 Å². The Hall–Kier alpha value is -0.120. The van der Waals surface area contributed by atoms with Crippen LogP contribution < -0.4 is 5.32 Å². The van der Waals surface area contributed by atoms with Crippen molar-refractivity contribution in [1.82, 2.24) is 10.2 Å². The van der Waals surface area contributed by atoms with Crippen molar-refractivity contribution in [3.63, 3.8) is 0 Å². The molecule has 3 nitrogen and oxygen atoms in total. The summed E-state index contributed by atoms with van der Waals surface area (Å²) in [5, 5.41) is 3.74. The van der Waals surface area contributed by atoms with Gasteiger partial charge in [0, 0.05) is 38.3 Å². The highest BCUT2D eigenvalue weighted by Crippen LogP contribution is 2.28. The number of hydrogen-bond acceptors (Lipinski definition) is 3. The average Bonchev–Trinajstić information content (AvgIpc) is 3.26. The van der Waals surface area contributed by atoms with E-state index in [9.17, 15) is 0 Å². The first kappa shape index (κ1) is 15.3. The Morgan fingerprint density at radius 1 is 1.32 bits per heavy atom. The SMILES string of the molecule is CCC(C)C1CN(CCOCC2CC2)C(CC)CN1. The quantitative estimate of drug-likeness (QED) is 0.685. The second-order valence-electron chi connectivity index (χ2n) is 6.48. The lowest BCUT2D eigenvalue weighted by atomic mass is 9.95. The van der Waals surface area contributed by atoms with Crippen molar-refractivity contribution in [2.24, 2.45) is 11.8 Å². The van der Waals surface area contributed by atoms with Crippen molar-refractivity contribution in [2.75, 3.05) is 32.8 Å². The number of piperazine rings is 1. The van der Waals surface area contributed by atoms with Gasteiger partial charge in [0.2, 0.25) is 0 Å². The molecule has 3 heteroatoms. The van der Waals surface area contributed by atoms with Crippen LogP contribution in [0.15, 0.2) is 0 Å². The minimum Gasteiger partial charge on any atom is -0.380 e. The van der Waals surface area contributed by atoms with Crippen molar-refractivity contribution in [2.45, 2.75) is 58.5 Å². The Morgan fingerprint density at radius 3 is 2.74 bits per heavy atom. The lowest BCUT2D eigenvalue weighted by Gasteiger charge is -2.42. The monoisotopic (exact) mass is 268 g/mol. The van der Waals surface area contributed by atoms with Crippen LogP contribution in [0.3, 0.4) is 0 Å². The van der Waals surface area contributed by atoms with Crippen molar-refractivity contribution >= 4 is 0 Å². The third-order valence-corrected chi connectivity index (χ3v) is 4.94. The van der Waals surface area contributed by atoms with E-state index in [4.69, 9.17) is 4.74 Å². The molecular weight excluding hydrogens is 236 g/mol. The molecule has 0 radical (unpaired) electrons. The van der Waals surface area contributed by atoms with Gasteiger partial charge in [-0.25, -0.2) is 0 Å². The lowest BCUT2D eigenvalue weighted by Crippen LogP contribution is -2.58. The molecule has 2 fully saturated rings. The van der Waals surface area contributed by atoms with Crippen LogP contribution in [0.1, 0.15) is 46.5 Å². The zero-order valence-corrected chi connectivity index (χ0v) is 13.0. The summed E-state index contributed by atoms with van der Waals surface area (Å²) in [7, 11) is 0. The molecule has 0 aromatic heterocycles. The summed E-state index contributed by atoms with van der Waals surface area (Å²) in [6, 6.07) is 1.36. The highest BCUT2D eigenvalue weighted by atomic mass is 16.5. The average molecular weight is 268 g/mol. The van der Waals surface area contributed by atoms with Crippen molar-refractivity contribution in [3.8, 4) is 0 Å². The molecule has 1 aliphatic carbocycles. The summed E-state index contributed by atoms with van der Waals surface area (Å²) in [5.41, 5.74) is 0. The largest absolute Gasteiger partial charge is 0.380 e. The maximum Gasteiger partial charge on any atom is 0.0593 e. The van der Waals surface area contributed by atoms with Crippen LogP contribution in [-0.2, 0) is 4.74 Å². The summed E-state index contributed by atoms with van der Waals surface area (Å²) >= 11 is 0. The van der Waals surface area contributed by atoms with Crippen LogP contribution in [0.25, 0.3) is 0 Å². The summed E-state index contributed by atoms with van der Waals surface area (Å²) < 4.78 is 5.81. The van der Waals surface area contributed by atoms with E-state index in [0.29, 0.717) is 12.1 Å². The molecule has 1 saturated heterocycles. The minimum atomic E-state index is 0.663. The van der Waals surface area contributed by atoms with Crippen LogP contribution in [0.5, 0.6) is 0 Å². The predicted octanol–water partition coefficient (Wildman–Crippen LogP) is 2.51. The molecule has 1 heterocycles. The van der Waals surface area contributed by atoms with E-state index in [1.165, 1.54) is 32.2 Å². The summed E-state index contributed by atoms with van der Waals surface area (Å²) in [6.45, 7) is 12.3. The van der Waals surface area contributed by atoms with Gasteiger partial charge in [-0.3, -0.25) is 4.90 Å². The number of rotatable bonds is 8. The molecule has 1 aliphatic heterocycles. The molecule has 0 spiro atoms. The zero-order valence-electron chi connectivity index (χ0n) is 13.0. The highest BCUT2D eigenvalue weighted by molar-refractivity contribution is 4.87. The zero-order chi connectivity index (χ0) is 13.7. The Bertz CT molecular complexity index is 255. The number of nitrogens with one attached hydrogen (secondary N) is 1. The van der Waals surface area contributed by atoms with E-state index in [2.05, 4.69) is 31.0 Å². The van der Waals surface area contributed by atoms with Crippen LogP contribution >= 0.6 is 0 Å². The molecule has 2 rings (SSSR count). The van der Waals surface area contributed by atoms with Crippen LogP contribution in [0.4, 0.5) is 0 Å². The second kappa shape index (κ2) is 7.61. The van der Waals surface area contributed by atoms with Gasteiger partial charge in [0.1, 0.15) is 0 Å². The molecule has 112 valence electrons. The lowest BCUT2D eigenvalue weighted by molar-refractivity contribution is 0.0526. The number of hydrogen-bond donors (Lipinski definition) is 1. The number of nitrogens with zero attached hydrogens (tertiary/aromatic N) is 1. The van der Waals surface area contributed by atoms with E-state index < -0.39 is 0 Å². The first-order valence-electron chi connectivity index (χ1n) is 8.29. The first-order valence-corrected chi connectivity index (χ1v) is 8.29. The maximum atomic E-state index is 5.81. The molecule has 2 aliphatic rings. The molecule has 0 aromatic carbocycles. The second-order valence-corrected chi connectivity index (χ2v) is 6.48. The number of ether oxygens (including phenoxy) is 1. The summed E-state index contributed by atoms with van der Waals surface area (Å²) in [6.07, 6.45) is 5.28. The molecular formula is C16H32N2O. The van der Waals surface area contributed by atoms with Crippen molar-refractivity contribution in [1.29, 1.82) is 0 Å². The van der Waals surface area contributed by atoms with E-state index >= 15 is 0 Å². The smallest absolute Gasteiger partial charge is 0.0593 e. The van der Waals surface area contributed by atoms with Gasteiger partial charge in [0.05, 0.1) is 6.61 Å². The molecule has 1 saturated carbocycles. The van der Waals surface area contributed by atoms with Crippen LogP contribution in [0, 0.1) is 11.8 Å². The molecule has 1 N–H and O–H groups in total. The van der Waals surface area contributed by atoms with Crippen molar-refractivity contribution in [3.05, 3.63) is 0 Å². The topological polar surface area (TPSA) is 24.5 Å². The standard InChI is InChI=1S/C16H32N2O/c1-4-13(3)16-11-18(15(5-2)10-17-16)8-9-19-12-14-6-7-14/h13-17H,4-12H2,1-3H3. The molecule has 0 amide bonds. The van der Waals surface area contributed by atoms with Gasteiger partial charge >= 0.3 is 0 Å². The third-order valence-electron chi connectivity index (χ3n) is 4.94. The maximum absolute atomic E-state index is 5.81. The van der Waals surface area contributed by atoms with E-state index in [-0.39, 0.29) is 0 Å². The van der Waals surface area contributed by atoms with Crippen LogP contribution in [-0.4, -0.2) is 49.8 Å². The molecule has 3 atom stereocenters. The molecule has 0 aromatic rings. The predicted molar refractivity (Wildman–Crippen MR) is 80.4 cm³/mol. The van der Waals surface area contributed by atoms with Gasteiger partial charge in [0.25, 0.3) is 0 Å². The van der Waals surface area contributed by atoms with Gasteiger partial charge in [-0.15, -0.1) is 0 Å². The van der Waals surface area contributed by atoms with E-state index in [0.717, 1.165) is 38.1 Å². The Balaban J connectivity index is 1.72. The minimum absolute atomic E-state index is 0.663. The van der Waals surface area contributed by atoms with Gasteiger partial charge < -0.3 is 10.1 Å². The fourth-order valence-corrected chi connectivity index (χ4v) is 2.94. The molecule has 3 unspecified atom stereocenters. The summed E-state index contributed by atoms with van der Waals surface area (Å²) in [4.78, 5) is 2.65. The van der Waals surface area contributed by atoms with Gasteiger partial charge in [-0.2, -0.15) is 0 Å². The summed E-state index contributed by atoms with van der Waals surface area (Å²) in [5.74, 6) is 1.66. The highest BCUT2D eigenvalue weighted by Gasteiger charge is 2.29. The van der Waals surface area contributed by atoms with Crippen molar-refractivity contribution < 1.29 is 4.74 Å². The fourth-order valence-electron chi connectivity index (χ4n) is 2.94. The first-order chi connectivity index (χ1) is 9.24. The Kier molecular flexibility index (Phi) is 6.11. The fraction of sp³-hybridized carbons (Fsp3) is 1.00. The van der Waals surface area contributed by atoms with Gasteiger partial charge in [-0.1, -0.05) is 27.2 Å². The Labute approximate surface area is 119 Å². The van der Waals surface area contributed by atoms with E-state index in [1.54, 1.807) is 0 Å². The third kappa shape index (κ3) is 4.73. The van der Waals surface area contributed by atoms with Crippen LogP contribution in [0.2, 0.25) is 0 Å². The Morgan fingerprint density at radius 2 is 2.11 bits per heavy atom. The molecule has 19 heavy (non-hydrogen) atoms. The normalized spacial score (nSPS) is 30.5. The van der Waals surface area contributed by atoms with Gasteiger partial charge in [0.15, 0.2) is 0 Å².